The molecular weight excluding hydrogens is 196 g/mol. The lowest BCUT2D eigenvalue weighted by Crippen LogP contribution is -2.39. The Labute approximate surface area is 88.5 Å². The number of likely N-dealkylation sites (N-methyl/N-ethyl adjacent to an activating group) is 1. The van der Waals surface area contributed by atoms with Crippen LogP contribution >= 0.6 is 0 Å². The molecule has 0 spiro atoms. The number of carboxylic acid groups (broad SMARTS) is 1. The van der Waals surface area contributed by atoms with Gasteiger partial charge >= 0.3 is 5.97 Å². The summed E-state index contributed by atoms with van der Waals surface area (Å²) in [7, 11) is 0. The molecule has 1 amide bonds. The molecular formula is C10H16N2O3. The summed E-state index contributed by atoms with van der Waals surface area (Å²) in [5.74, 6) is -1.39. The molecule has 0 fully saturated rings. The zero-order chi connectivity index (χ0) is 11.4. The Hall–Kier alpha value is -1.36. The zero-order valence-corrected chi connectivity index (χ0v) is 8.72. The third-order valence-corrected chi connectivity index (χ3v) is 2.45. The molecule has 3 N–H and O–H groups in total. The van der Waals surface area contributed by atoms with Gasteiger partial charge in [0, 0.05) is 12.6 Å². The highest BCUT2D eigenvalue weighted by atomic mass is 16.4. The number of nitrogens with two attached hydrogens (primary N) is 1. The van der Waals surface area contributed by atoms with Crippen LogP contribution in [0.15, 0.2) is 12.2 Å². The second-order valence-corrected chi connectivity index (χ2v) is 3.64. The van der Waals surface area contributed by atoms with Gasteiger partial charge in [-0.1, -0.05) is 12.2 Å². The van der Waals surface area contributed by atoms with Crippen LogP contribution in [0.5, 0.6) is 0 Å². The van der Waals surface area contributed by atoms with Gasteiger partial charge < -0.3 is 15.7 Å². The maximum Gasteiger partial charge on any atom is 0.323 e. The van der Waals surface area contributed by atoms with Crippen LogP contribution in [-0.2, 0) is 9.59 Å². The zero-order valence-electron chi connectivity index (χ0n) is 8.72. The van der Waals surface area contributed by atoms with Gasteiger partial charge in [0.25, 0.3) is 0 Å². The monoisotopic (exact) mass is 212 g/mol. The summed E-state index contributed by atoms with van der Waals surface area (Å²) in [6, 6.07) is -0.0810. The Bertz CT molecular complexity index is 288. The predicted molar refractivity (Wildman–Crippen MR) is 55.1 cm³/mol. The van der Waals surface area contributed by atoms with Gasteiger partial charge in [0.05, 0.1) is 5.92 Å². The summed E-state index contributed by atoms with van der Waals surface area (Å²) in [5.41, 5.74) is 5.63. The molecule has 1 aliphatic rings. The first-order valence-electron chi connectivity index (χ1n) is 4.99. The fraction of sp³-hybridized carbons (Fsp3) is 0.600. The first kappa shape index (κ1) is 11.7. The number of amides is 1. The Morgan fingerprint density at radius 1 is 1.53 bits per heavy atom. The minimum Gasteiger partial charge on any atom is -0.480 e. The van der Waals surface area contributed by atoms with Crippen molar-refractivity contribution in [2.45, 2.75) is 19.4 Å². The summed E-state index contributed by atoms with van der Waals surface area (Å²) in [6.45, 7) is 1.93. The van der Waals surface area contributed by atoms with Gasteiger partial charge in [-0.15, -0.1) is 0 Å². The van der Waals surface area contributed by atoms with E-state index in [4.69, 9.17) is 10.8 Å². The molecule has 84 valence electrons. The van der Waals surface area contributed by atoms with Crippen molar-refractivity contribution in [1.29, 1.82) is 0 Å². The van der Waals surface area contributed by atoms with Crippen LogP contribution in [0.25, 0.3) is 0 Å². The normalized spacial score (nSPS) is 24.1. The molecule has 0 aromatic carbocycles. The Morgan fingerprint density at radius 3 is 2.60 bits per heavy atom. The molecule has 2 unspecified atom stereocenters. The molecule has 0 bridgehead atoms. The van der Waals surface area contributed by atoms with E-state index in [1.807, 2.05) is 0 Å². The molecule has 1 aliphatic carbocycles. The molecule has 0 aliphatic heterocycles. The van der Waals surface area contributed by atoms with Crippen molar-refractivity contribution in [1.82, 2.24) is 4.90 Å². The number of carbonyl (C=O) groups is 2. The SMILES string of the molecule is CCN(CC(=O)O)C(=O)C1C=CC(N)C1. The van der Waals surface area contributed by atoms with Gasteiger partial charge in [-0.3, -0.25) is 9.59 Å². The fourth-order valence-corrected chi connectivity index (χ4v) is 1.65. The highest BCUT2D eigenvalue weighted by Crippen LogP contribution is 2.18. The molecule has 15 heavy (non-hydrogen) atoms. The molecule has 0 saturated carbocycles. The summed E-state index contributed by atoms with van der Waals surface area (Å²) in [4.78, 5) is 23.7. The second kappa shape index (κ2) is 4.93. The van der Waals surface area contributed by atoms with E-state index in [-0.39, 0.29) is 24.4 Å². The van der Waals surface area contributed by atoms with Crippen molar-refractivity contribution in [2.75, 3.05) is 13.1 Å². The van der Waals surface area contributed by atoms with E-state index in [0.29, 0.717) is 13.0 Å². The largest absolute Gasteiger partial charge is 0.480 e. The average Bonchev–Trinajstić information content (AvgIpc) is 2.60. The van der Waals surface area contributed by atoms with Crippen LogP contribution in [0.1, 0.15) is 13.3 Å². The lowest BCUT2D eigenvalue weighted by Gasteiger charge is -2.21. The van der Waals surface area contributed by atoms with Crippen LogP contribution in [0, 0.1) is 5.92 Å². The molecule has 5 nitrogen and oxygen atoms in total. The van der Waals surface area contributed by atoms with Crippen LogP contribution in [0.3, 0.4) is 0 Å². The van der Waals surface area contributed by atoms with Crippen molar-refractivity contribution >= 4 is 11.9 Å². The fourth-order valence-electron chi connectivity index (χ4n) is 1.65. The molecule has 0 saturated heterocycles. The van der Waals surface area contributed by atoms with E-state index in [0.717, 1.165) is 0 Å². The summed E-state index contributed by atoms with van der Waals surface area (Å²) in [6.07, 6.45) is 4.13. The lowest BCUT2D eigenvalue weighted by atomic mass is 10.1. The van der Waals surface area contributed by atoms with Gasteiger partial charge in [0.15, 0.2) is 0 Å². The van der Waals surface area contributed by atoms with Gasteiger partial charge in [-0.05, 0) is 13.3 Å². The Balaban J connectivity index is 2.57. The molecule has 0 aromatic rings. The molecule has 0 aromatic heterocycles. The number of carboxylic acids is 1. The highest BCUT2D eigenvalue weighted by Gasteiger charge is 2.27. The minimum absolute atomic E-state index is 0.0810. The van der Waals surface area contributed by atoms with Gasteiger partial charge in [-0.2, -0.15) is 0 Å². The van der Waals surface area contributed by atoms with Crippen molar-refractivity contribution in [3.8, 4) is 0 Å². The van der Waals surface area contributed by atoms with E-state index in [1.54, 1.807) is 19.1 Å². The summed E-state index contributed by atoms with van der Waals surface area (Å²) < 4.78 is 0. The van der Waals surface area contributed by atoms with E-state index in [2.05, 4.69) is 0 Å². The molecule has 1 rings (SSSR count). The average molecular weight is 212 g/mol. The number of rotatable bonds is 4. The second-order valence-electron chi connectivity index (χ2n) is 3.64. The number of aliphatic carboxylic acids is 1. The Kier molecular flexibility index (Phi) is 3.85. The molecule has 5 heteroatoms. The number of nitrogens with zero attached hydrogens (tertiary/aromatic N) is 1. The maximum atomic E-state index is 11.8. The van der Waals surface area contributed by atoms with Crippen LogP contribution < -0.4 is 5.73 Å². The topological polar surface area (TPSA) is 83.6 Å². The standard InChI is InChI=1S/C10H16N2O3/c1-2-12(6-9(13)14)10(15)7-3-4-8(11)5-7/h3-4,7-8H,2,5-6,11H2,1H3,(H,13,14). The third-order valence-electron chi connectivity index (χ3n) is 2.45. The third kappa shape index (κ3) is 3.06. The van der Waals surface area contributed by atoms with Gasteiger partial charge in [0.2, 0.25) is 5.91 Å². The lowest BCUT2D eigenvalue weighted by molar-refractivity contribution is -0.145. The minimum atomic E-state index is -0.989. The molecule has 2 atom stereocenters. The number of carbonyl (C=O) groups excluding carboxylic acids is 1. The quantitative estimate of drug-likeness (QED) is 0.633. The van der Waals surface area contributed by atoms with Gasteiger partial charge in [-0.25, -0.2) is 0 Å². The highest BCUT2D eigenvalue weighted by molar-refractivity contribution is 5.84. The van der Waals surface area contributed by atoms with Crippen LogP contribution in [0.2, 0.25) is 0 Å². The van der Waals surface area contributed by atoms with E-state index >= 15 is 0 Å². The maximum absolute atomic E-state index is 11.8. The summed E-state index contributed by atoms with van der Waals surface area (Å²) in [5, 5.41) is 8.62. The first-order chi connectivity index (χ1) is 7.04. The Morgan fingerprint density at radius 2 is 2.20 bits per heavy atom. The van der Waals surface area contributed by atoms with Crippen LogP contribution in [0.4, 0.5) is 0 Å². The number of hydrogen-bond acceptors (Lipinski definition) is 3. The number of hydrogen-bond donors (Lipinski definition) is 2. The van der Waals surface area contributed by atoms with E-state index in [1.165, 1.54) is 4.90 Å². The van der Waals surface area contributed by atoms with Crippen molar-refractivity contribution in [2.24, 2.45) is 11.7 Å². The van der Waals surface area contributed by atoms with Crippen molar-refractivity contribution < 1.29 is 14.7 Å². The van der Waals surface area contributed by atoms with Crippen molar-refractivity contribution in [3.63, 3.8) is 0 Å². The first-order valence-corrected chi connectivity index (χ1v) is 4.99. The van der Waals surface area contributed by atoms with Gasteiger partial charge in [0.1, 0.15) is 6.54 Å². The molecule has 0 radical (unpaired) electrons. The van der Waals surface area contributed by atoms with E-state index in [9.17, 15) is 9.59 Å². The predicted octanol–water partition coefficient (Wildman–Crippen LogP) is -0.177. The van der Waals surface area contributed by atoms with Crippen molar-refractivity contribution in [3.05, 3.63) is 12.2 Å². The summed E-state index contributed by atoms with van der Waals surface area (Å²) >= 11 is 0. The van der Waals surface area contributed by atoms with E-state index < -0.39 is 5.97 Å². The smallest absolute Gasteiger partial charge is 0.323 e. The van der Waals surface area contributed by atoms with Crippen LogP contribution in [-0.4, -0.2) is 41.0 Å². The molecule has 0 heterocycles.